The van der Waals surface area contributed by atoms with Gasteiger partial charge >= 0.3 is 0 Å². The third-order valence-electron chi connectivity index (χ3n) is 2.07. The minimum Gasteiger partial charge on any atom is -0.382 e. The highest BCUT2D eigenvalue weighted by Crippen LogP contribution is 2.10. The van der Waals surface area contributed by atoms with Crippen molar-refractivity contribution in [3.05, 3.63) is 28.3 Å². The van der Waals surface area contributed by atoms with Crippen molar-refractivity contribution < 1.29 is 4.79 Å². The first-order valence-electron chi connectivity index (χ1n) is 5.10. The molecule has 0 radical (unpaired) electrons. The van der Waals surface area contributed by atoms with Crippen LogP contribution >= 0.6 is 11.3 Å². The number of hydrogen-bond acceptors (Lipinski definition) is 5. The molecule has 0 atom stereocenters. The van der Waals surface area contributed by atoms with Crippen molar-refractivity contribution in [1.29, 1.82) is 0 Å². The molecule has 6 nitrogen and oxygen atoms in total. The van der Waals surface area contributed by atoms with Gasteiger partial charge in [0.25, 0.3) is 0 Å². The second-order valence-corrected chi connectivity index (χ2v) is 4.90. The molecular formula is C10H13N5OS. The molecule has 0 aliphatic carbocycles. The Labute approximate surface area is 102 Å². The van der Waals surface area contributed by atoms with Crippen molar-refractivity contribution in [2.24, 2.45) is 0 Å². The molecule has 2 heterocycles. The molecule has 3 N–H and O–H groups in total. The maximum absolute atomic E-state index is 11.6. The molecule has 0 aliphatic rings. The van der Waals surface area contributed by atoms with Gasteiger partial charge < -0.3 is 11.1 Å². The van der Waals surface area contributed by atoms with Crippen LogP contribution in [-0.4, -0.2) is 20.7 Å². The van der Waals surface area contributed by atoms with Crippen molar-refractivity contribution in [2.75, 3.05) is 5.73 Å². The Morgan fingerprint density at radius 3 is 3.06 bits per heavy atom. The first-order valence-corrected chi connectivity index (χ1v) is 5.92. The molecule has 7 heteroatoms. The lowest BCUT2D eigenvalue weighted by molar-refractivity contribution is -0.122. The van der Waals surface area contributed by atoms with Gasteiger partial charge in [-0.25, -0.2) is 4.98 Å². The number of carbonyl (C=O) groups is 1. The topological polar surface area (TPSA) is 85.8 Å². The highest BCUT2D eigenvalue weighted by molar-refractivity contribution is 7.11. The monoisotopic (exact) mass is 251 g/mol. The van der Waals surface area contributed by atoms with Crippen LogP contribution in [0.15, 0.2) is 18.5 Å². The fourth-order valence-corrected chi connectivity index (χ4v) is 2.05. The van der Waals surface area contributed by atoms with Gasteiger partial charge in [-0.1, -0.05) is 0 Å². The SMILES string of the molecule is Cc1cnc(CNC(=O)Cn2ccc(N)n2)s1. The van der Waals surface area contributed by atoms with Crippen LogP contribution in [0, 0.1) is 6.92 Å². The number of thiazole rings is 1. The number of hydrogen-bond donors (Lipinski definition) is 2. The Hall–Kier alpha value is -1.89. The third kappa shape index (κ3) is 3.28. The molecule has 1 amide bonds. The highest BCUT2D eigenvalue weighted by atomic mass is 32.1. The summed E-state index contributed by atoms with van der Waals surface area (Å²) in [5.41, 5.74) is 5.45. The average Bonchev–Trinajstić information content (AvgIpc) is 2.85. The van der Waals surface area contributed by atoms with Crippen LogP contribution in [0.4, 0.5) is 5.82 Å². The molecule has 0 saturated carbocycles. The molecular weight excluding hydrogens is 238 g/mol. The van der Waals surface area contributed by atoms with Crippen molar-refractivity contribution >= 4 is 23.1 Å². The molecule has 90 valence electrons. The van der Waals surface area contributed by atoms with E-state index in [1.165, 1.54) is 4.68 Å². The van der Waals surface area contributed by atoms with Crippen LogP contribution < -0.4 is 11.1 Å². The maximum atomic E-state index is 11.6. The molecule has 0 aliphatic heterocycles. The Balaban J connectivity index is 1.82. The maximum Gasteiger partial charge on any atom is 0.242 e. The Morgan fingerprint density at radius 2 is 2.47 bits per heavy atom. The Morgan fingerprint density at radius 1 is 1.65 bits per heavy atom. The fraction of sp³-hybridized carbons (Fsp3) is 0.300. The molecule has 17 heavy (non-hydrogen) atoms. The number of nitrogens with two attached hydrogens (primary N) is 1. The second-order valence-electron chi connectivity index (χ2n) is 3.58. The van der Waals surface area contributed by atoms with Gasteiger partial charge in [-0.3, -0.25) is 9.48 Å². The number of nitrogens with one attached hydrogen (secondary N) is 1. The largest absolute Gasteiger partial charge is 0.382 e. The van der Waals surface area contributed by atoms with Crippen LogP contribution in [0.3, 0.4) is 0 Å². The number of aryl methyl sites for hydroxylation is 1. The summed E-state index contributed by atoms with van der Waals surface area (Å²) in [6, 6.07) is 1.65. The van der Waals surface area contributed by atoms with E-state index in [1.54, 1.807) is 29.8 Å². The quantitative estimate of drug-likeness (QED) is 0.830. The molecule has 2 aromatic rings. The predicted octanol–water partition coefficient (Wildman–Crippen LogP) is 0.547. The number of rotatable bonds is 4. The average molecular weight is 251 g/mol. The van der Waals surface area contributed by atoms with Gasteiger partial charge in [0.15, 0.2) is 0 Å². The summed E-state index contributed by atoms with van der Waals surface area (Å²) in [6.07, 6.45) is 3.46. The zero-order valence-corrected chi connectivity index (χ0v) is 10.2. The van der Waals surface area contributed by atoms with E-state index in [0.717, 1.165) is 9.88 Å². The normalized spacial score (nSPS) is 10.4. The van der Waals surface area contributed by atoms with Gasteiger partial charge in [0.1, 0.15) is 17.4 Å². The summed E-state index contributed by atoms with van der Waals surface area (Å²) in [5, 5.41) is 7.61. The first-order chi connectivity index (χ1) is 8.13. The second kappa shape index (κ2) is 4.96. The number of anilines is 1. The highest BCUT2D eigenvalue weighted by Gasteiger charge is 2.05. The number of aromatic nitrogens is 3. The van der Waals surface area contributed by atoms with E-state index in [1.807, 2.05) is 6.92 Å². The van der Waals surface area contributed by atoms with E-state index in [2.05, 4.69) is 15.4 Å². The molecule has 0 fully saturated rings. The molecule has 0 spiro atoms. The van der Waals surface area contributed by atoms with Crippen LogP contribution in [0.1, 0.15) is 9.88 Å². The lowest BCUT2D eigenvalue weighted by atomic mass is 10.5. The molecule has 0 saturated heterocycles. The van der Waals surface area contributed by atoms with E-state index in [-0.39, 0.29) is 12.5 Å². The third-order valence-corrected chi connectivity index (χ3v) is 2.99. The number of carbonyl (C=O) groups excluding carboxylic acids is 1. The van der Waals surface area contributed by atoms with Crippen LogP contribution in [0.2, 0.25) is 0 Å². The van der Waals surface area contributed by atoms with Gasteiger partial charge in [0.2, 0.25) is 5.91 Å². The summed E-state index contributed by atoms with van der Waals surface area (Å²) in [5.74, 6) is 0.300. The van der Waals surface area contributed by atoms with Crippen LogP contribution in [-0.2, 0) is 17.9 Å². The van der Waals surface area contributed by atoms with E-state index >= 15 is 0 Å². The van der Waals surface area contributed by atoms with Gasteiger partial charge in [-0.05, 0) is 13.0 Å². The first kappa shape index (κ1) is 11.6. The lowest BCUT2D eigenvalue weighted by Gasteiger charge is -2.02. The van der Waals surface area contributed by atoms with E-state index in [4.69, 9.17) is 5.73 Å². The molecule has 2 aromatic heterocycles. The number of nitrogen functional groups attached to an aromatic ring is 1. The van der Waals surface area contributed by atoms with Crippen molar-refractivity contribution in [3.63, 3.8) is 0 Å². The molecule has 0 aromatic carbocycles. The molecule has 0 unspecified atom stereocenters. The number of amides is 1. The van der Waals surface area contributed by atoms with Crippen molar-refractivity contribution in [2.45, 2.75) is 20.0 Å². The van der Waals surface area contributed by atoms with Gasteiger partial charge in [-0.15, -0.1) is 11.3 Å². The zero-order valence-electron chi connectivity index (χ0n) is 9.38. The van der Waals surface area contributed by atoms with E-state index in [0.29, 0.717) is 12.4 Å². The van der Waals surface area contributed by atoms with Gasteiger partial charge in [0, 0.05) is 17.3 Å². The van der Waals surface area contributed by atoms with Gasteiger partial charge in [0.05, 0.1) is 6.54 Å². The van der Waals surface area contributed by atoms with Crippen LogP contribution in [0.25, 0.3) is 0 Å². The summed E-state index contributed by atoms with van der Waals surface area (Å²) >= 11 is 1.57. The van der Waals surface area contributed by atoms with Crippen molar-refractivity contribution in [1.82, 2.24) is 20.1 Å². The lowest BCUT2D eigenvalue weighted by Crippen LogP contribution is -2.27. The Kier molecular flexibility index (Phi) is 3.38. The van der Waals surface area contributed by atoms with E-state index in [9.17, 15) is 4.79 Å². The summed E-state index contributed by atoms with van der Waals surface area (Å²) in [6.45, 7) is 2.60. The van der Waals surface area contributed by atoms with Crippen molar-refractivity contribution in [3.8, 4) is 0 Å². The summed E-state index contributed by atoms with van der Waals surface area (Å²) in [4.78, 5) is 16.9. The predicted molar refractivity (Wildman–Crippen MR) is 65.3 cm³/mol. The van der Waals surface area contributed by atoms with Gasteiger partial charge in [-0.2, -0.15) is 5.10 Å². The van der Waals surface area contributed by atoms with Crippen LogP contribution in [0.5, 0.6) is 0 Å². The number of nitrogens with zero attached hydrogens (tertiary/aromatic N) is 3. The molecule has 0 bridgehead atoms. The zero-order chi connectivity index (χ0) is 12.3. The summed E-state index contributed by atoms with van der Waals surface area (Å²) < 4.78 is 1.50. The fourth-order valence-electron chi connectivity index (χ4n) is 1.33. The summed E-state index contributed by atoms with van der Waals surface area (Å²) in [7, 11) is 0. The standard InChI is InChI=1S/C10H13N5OS/c1-7-4-13-10(17-7)5-12-9(16)6-15-3-2-8(11)14-15/h2-4H,5-6H2,1H3,(H2,11,14)(H,12,16). The minimum absolute atomic E-state index is 0.110. The molecule has 2 rings (SSSR count). The minimum atomic E-state index is -0.110. The van der Waals surface area contributed by atoms with E-state index < -0.39 is 0 Å². The smallest absolute Gasteiger partial charge is 0.242 e. The Bertz CT molecular complexity index is 518.